The molecule has 2 amide bonds. The molecule has 41 heavy (non-hydrogen) atoms. The summed E-state index contributed by atoms with van der Waals surface area (Å²) in [5.74, 6) is -0.468. The lowest BCUT2D eigenvalue weighted by Crippen LogP contribution is -2.47. The number of hydrogen-bond acceptors (Lipinski definition) is 7. The number of methoxy groups -OCH3 is 1. The highest BCUT2D eigenvalue weighted by atomic mass is 19.1. The van der Waals surface area contributed by atoms with Crippen molar-refractivity contribution >= 4 is 11.8 Å². The number of ether oxygens (including phenoxy) is 1. The highest BCUT2D eigenvalue weighted by Crippen LogP contribution is 2.27. The highest BCUT2D eigenvalue weighted by Gasteiger charge is 2.33. The predicted octanol–water partition coefficient (Wildman–Crippen LogP) is 4.10. The Bertz CT molecular complexity index is 1470. The summed E-state index contributed by atoms with van der Waals surface area (Å²) in [4.78, 5) is 34.6. The summed E-state index contributed by atoms with van der Waals surface area (Å²) in [6.07, 6.45) is 8.27. The summed E-state index contributed by atoms with van der Waals surface area (Å²) in [5, 5.41) is 15.4. The Morgan fingerprint density at radius 1 is 1.07 bits per heavy atom. The second kappa shape index (κ2) is 13.1. The Morgan fingerprint density at radius 3 is 2.61 bits per heavy atom. The molecule has 212 valence electrons. The molecule has 2 aromatic heterocycles. The van der Waals surface area contributed by atoms with E-state index in [0.29, 0.717) is 11.3 Å². The number of rotatable bonds is 10. The minimum Gasteiger partial charge on any atom is -0.497 e. The van der Waals surface area contributed by atoms with Crippen LogP contribution in [0.5, 0.6) is 5.75 Å². The Hall–Kier alpha value is -4.67. The molecule has 1 aliphatic carbocycles. The van der Waals surface area contributed by atoms with Gasteiger partial charge in [0.05, 0.1) is 12.7 Å². The average molecular weight is 558 g/mol. The van der Waals surface area contributed by atoms with Crippen molar-refractivity contribution in [1.29, 1.82) is 0 Å². The van der Waals surface area contributed by atoms with Crippen molar-refractivity contribution in [2.45, 2.75) is 57.3 Å². The molecule has 1 fully saturated rings. The molecule has 0 spiro atoms. The number of hydrogen-bond donors (Lipinski definition) is 1. The van der Waals surface area contributed by atoms with Gasteiger partial charge in [0, 0.05) is 25.0 Å². The minimum atomic E-state index is -0.937. The van der Waals surface area contributed by atoms with E-state index in [-0.39, 0.29) is 36.4 Å². The minimum absolute atomic E-state index is 0.0506. The lowest BCUT2D eigenvalue weighted by molar-refractivity contribution is -0.142. The second-order valence-electron chi connectivity index (χ2n) is 10.0. The fourth-order valence-electron chi connectivity index (χ4n) is 5.11. The Labute approximate surface area is 237 Å². The first-order valence-corrected chi connectivity index (χ1v) is 13.7. The topological polar surface area (TPSA) is 115 Å². The number of benzene rings is 2. The van der Waals surface area contributed by atoms with Gasteiger partial charge in [0.1, 0.15) is 24.2 Å². The molecule has 4 aromatic rings. The first kappa shape index (κ1) is 27.9. The molecule has 0 bridgehead atoms. The van der Waals surface area contributed by atoms with Gasteiger partial charge in [-0.15, -0.1) is 10.2 Å². The van der Waals surface area contributed by atoms with E-state index in [9.17, 15) is 14.0 Å². The Morgan fingerprint density at radius 2 is 1.85 bits per heavy atom. The molecule has 2 aromatic carbocycles. The van der Waals surface area contributed by atoms with Crippen LogP contribution in [0.3, 0.4) is 0 Å². The van der Waals surface area contributed by atoms with E-state index in [1.165, 1.54) is 11.0 Å². The lowest BCUT2D eigenvalue weighted by Gasteiger charge is -2.33. The molecule has 5 rings (SSSR count). The maximum absolute atomic E-state index is 14.3. The molecule has 0 radical (unpaired) electrons. The molecule has 2 heterocycles. The summed E-state index contributed by atoms with van der Waals surface area (Å²) >= 11 is 0. The molecule has 1 N–H and O–H groups in total. The number of carbonyl (C=O) groups excluding carboxylic acids is 2. The van der Waals surface area contributed by atoms with Crippen molar-refractivity contribution in [3.05, 3.63) is 90.0 Å². The number of halogens is 1. The number of pyridine rings is 1. The molecule has 11 heteroatoms. The molecule has 10 nitrogen and oxygen atoms in total. The van der Waals surface area contributed by atoms with Crippen LogP contribution in [-0.4, -0.2) is 55.1 Å². The van der Waals surface area contributed by atoms with Gasteiger partial charge in [0.25, 0.3) is 0 Å². The van der Waals surface area contributed by atoms with E-state index in [4.69, 9.17) is 4.74 Å². The van der Waals surface area contributed by atoms with E-state index in [2.05, 4.69) is 25.7 Å². The summed E-state index contributed by atoms with van der Waals surface area (Å²) in [5.41, 5.74) is 1.59. The monoisotopic (exact) mass is 557 g/mol. The summed E-state index contributed by atoms with van der Waals surface area (Å²) in [6.45, 7) is -0.181. The van der Waals surface area contributed by atoms with Crippen molar-refractivity contribution in [1.82, 2.24) is 35.4 Å². The van der Waals surface area contributed by atoms with E-state index in [1.807, 2.05) is 24.3 Å². The number of amides is 2. The predicted molar refractivity (Wildman–Crippen MR) is 149 cm³/mol. The van der Waals surface area contributed by atoms with Crippen molar-refractivity contribution in [2.24, 2.45) is 0 Å². The third kappa shape index (κ3) is 6.92. The van der Waals surface area contributed by atoms with Crippen LogP contribution in [0.2, 0.25) is 0 Å². The molecule has 1 atom stereocenters. The van der Waals surface area contributed by atoms with Gasteiger partial charge in [-0.3, -0.25) is 14.6 Å². The normalized spacial score (nSPS) is 14.3. The van der Waals surface area contributed by atoms with Gasteiger partial charge in [0.15, 0.2) is 0 Å². The summed E-state index contributed by atoms with van der Waals surface area (Å²) in [6, 6.07) is 16.0. The van der Waals surface area contributed by atoms with Gasteiger partial charge in [-0.25, -0.2) is 4.39 Å². The maximum atomic E-state index is 14.3. The van der Waals surface area contributed by atoms with Crippen LogP contribution in [0, 0.1) is 5.82 Å². The van der Waals surface area contributed by atoms with Crippen LogP contribution in [0.4, 0.5) is 4.39 Å². The zero-order chi connectivity index (χ0) is 28.6. The van der Waals surface area contributed by atoms with E-state index in [1.54, 1.807) is 49.8 Å². The number of tetrazole rings is 1. The van der Waals surface area contributed by atoms with Crippen LogP contribution in [0.1, 0.15) is 49.3 Å². The zero-order valence-corrected chi connectivity index (χ0v) is 22.8. The van der Waals surface area contributed by atoms with Crippen LogP contribution in [0.25, 0.3) is 11.4 Å². The standard InChI is InChI=1S/C30H32FN7O3/c1-41-24-11-7-8-21(18-24)19-37(27(39)20-38-35-29(34-36-38)25-12-5-6-13-26(25)31)28(22-14-16-32-17-15-22)30(40)33-23-9-3-2-4-10-23/h5-8,11-18,23,28H,2-4,9-10,19-20H2,1H3,(H,33,40)/t28-/m0/s1. The van der Waals surface area contributed by atoms with Gasteiger partial charge in [-0.2, -0.15) is 4.80 Å². The fourth-order valence-corrected chi connectivity index (χ4v) is 5.11. The molecule has 1 aliphatic rings. The van der Waals surface area contributed by atoms with E-state index < -0.39 is 17.8 Å². The Balaban J connectivity index is 1.47. The van der Waals surface area contributed by atoms with Gasteiger partial charge in [-0.05, 0) is 65.6 Å². The first-order valence-electron chi connectivity index (χ1n) is 13.7. The van der Waals surface area contributed by atoms with E-state index >= 15 is 0 Å². The summed E-state index contributed by atoms with van der Waals surface area (Å²) < 4.78 is 19.7. The van der Waals surface area contributed by atoms with Crippen LogP contribution < -0.4 is 10.1 Å². The maximum Gasteiger partial charge on any atom is 0.247 e. The third-order valence-corrected chi connectivity index (χ3v) is 7.19. The third-order valence-electron chi connectivity index (χ3n) is 7.19. The van der Waals surface area contributed by atoms with Crippen LogP contribution >= 0.6 is 0 Å². The smallest absolute Gasteiger partial charge is 0.247 e. The van der Waals surface area contributed by atoms with Gasteiger partial charge in [0.2, 0.25) is 17.6 Å². The Kier molecular flexibility index (Phi) is 8.92. The van der Waals surface area contributed by atoms with Gasteiger partial charge >= 0.3 is 0 Å². The van der Waals surface area contributed by atoms with Gasteiger partial charge < -0.3 is 15.0 Å². The van der Waals surface area contributed by atoms with Crippen molar-refractivity contribution in [3.8, 4) is 17.1 Å². The number of carbonyl (C=O) groups is 2. The van der Waals surface area contributed by atoms with Crippen molar-refractivity contribution in [2.75, 3.05) is 7.11 Å². The van der Waals surface area contributed by atoms with Crippen LogP contribution in [-0.2, 0) is 22.7 Å². The number of nitrogens with one attached hydrogen (secondary N) is 1. The summed E-state index contributed by atoms with van der Waals surface area (Å²) in [7, 11) is 1.57. The highest BCUT2D eigenvalue weighted by molar-refractivity contribution is 5.88. The molecular weight excluding hydrogens is 525 g/mol. The van der Waals surface area contributed by atoms with Crippen molar-refractivity contribution in [3.63, 3.8) is 0 Å². The van der Waals surface area contributed by atoms with E-state index in [0.717, 1.165) is 42.5 Å². The molecular formula is C30H32FN7O3. The largest absolute Gasteiger partial charge is 0.497 e. The van der Waals surface area contributed by atoms with Crippen LogP contribution in [0.15, 0.2) is 73.1 Å². The molecule has 0 aliphatic heterocycles. The van der Waals surface area contributed by atoms with Gasteiger partial charge in [-0.1, -0.05) is 43.5 Å². The quantitative estimate of drug-likeness (QED) is 0.312. The first-order chi connectivity index (χ1) is 20.0. The number of aromatic nitrogens is 5. The zero-order valence-electron chi connectivity index (χ0n) is 22.8. The SMILES string of the molecule is COc1cccc(CN(C(=O)Cn2nnc(-c3ccccc3F)n2)[C@H](C(=O)NC2CCCCC2)c2ccncc2)c1. The number of nitrogens with zero attached hydrogens (tertiary/aromatic N) is 6. The molecule has 0 saturated heterocycles. The lowest BCUT2D eigenvalue weighted by atomic mass is 9.94. The fraction of sp³-hybridized carbons (Fsp3) is 0.333. The molecule has 0 unspecified atom stereocenters. The molecule has 1 saturated carbocycles. The average Bonchev–Trinajstić information content (AvgIpc) is 3.46. The van der Waals surface area contributed by atoms with Crippen molar-refractivity contribution < 1.29 is 18.7 Å². The second-order valence-corrected chi connectivity index (χ2v) is 10.0.